The average Bonchev–Trinajstić information content (AvgIpc) is 3.01. The van der Waals surface area contributed by atoms with Crippen LogP contribution in [0.5, 0.6) is 0 Å². The molecule has 12 nitrogen and oxygen atoms in total. The number of hydrogen-bond donors (Lipinski definition) is 3. The van der Waals surface area contributed by atoms with E-state index in [0.717, 1.165) is 4.90 Å². The topological polar surface area (TPSA) is 174 Å². The van der Waals surface area contributed by atoms with E-state index in [1.165, 1.54) is 54.2 Å². The number of hydrogen-bond acceptors (Lipinski definition) is 8. The number of nitro groups is 2. The van der Waals surface area contributed by atoms with Gasteiger partial charge in [-0.25, -0.2) is 0 Å². The number of rotatable bonds is 11. The lowest BCUT2D eigenvalue weighted by Gasteiger charge is -2.12. The molecular formula is C31H25N5O7S. The SMILES string of the molecule is Cc1cc([N+](=O)[O-])ccc1NC(=O)CSc1ccc(NC(=O)/C(=C/c2ccccc2[N+](=O)[O-])NC(=O)c2ccccc2)cc1. The Morgan fingerprint density at radius 2 is 1.50 bits per heavy atom. The third kappa shape index (κ3) is 8.36. The Hall–Kier alpha value is -5.82. The number of anilines is 2. The number of nitrogens with one attached hydrogen (secondary N) is 3. The fourth-order valence-electron chi connectivity index (χ4n) is 3.94. The van der Waals surface area contributed by atoms with E-state index in [1.54, 1.807) is 67.6 Å². The van der Waals surface area contributed by atoms with Crippen molar-refractivity contribution in [1.29, 1.82) is 0 Å². The Labute approximate surface area is 255 Å². The number of carbonyl (C=O) groups is 3. The molecule has 222 valence electrons. The second kappa shape index (κ2) is 14.4. The molecule has 0 aromatic heterocycles. The van der Waals surface area contributed by atoms with Gasteiger partial charge in [-0.05, 0) is 67.1 Å². The summed E-state index contributed by atoms with van der Waals surface area (Å²) in [5, 5.41) is 30.4. The van der Waals surface area contributed by atoms with E-state index in [9.17, 15) is 34.6 Å². The first-order valence-corrected chi connectivity index (χ1v) is 14.0. The number of thioether (sulfide) groups is 1. The number of non-ortho nitro benzene ring substituents is 1. The Morgan fingerprint density at radius 1 is 0.818 bits per heavy atom. The summed E-state index contributed by atoms with van der Waals surface area (Å²) in [6.45, 7) is 1.66. The van der Waals surface area contributed by atoms with Crippen molar-refractivity contribution in [3.8, 4) is 0 Å². The second-order valence-corrected chi connectivity index (χ2v) is 10.3. The largest absolute Gasteiger partial charge is 0.325 e. The van der Waals surface area contributed by atoms with Gasteiger partial charge in [-0.3, -0.25) is 34.6 Å². The summed E-state index contributed by atoms with van der Waals surface area (Å²) < 4.78 is 0. The maximum Gasteiger partial charge on any atom is 0.276 e. The maximum atomic E-state index is 13.3. The van der Waals surface area contributed by atoms with Crippen molar-refractivity contribution in [2.24, 2.45) is 0 Å². The van der Waals surface area contributed by atoms with Gasteiger partial charge in [-0.1, -0.05) is 30.3 Å². The summed E-state index contributed by atoms with van der Waals surface area (Å²) in [6.07, 6.45) is 1.24. The predicted octanol–water partition coefficient (Wildman–Crippen LogP) is 5.95. The van der Waals surface area contributed by atoms with Crippen LogP contribution in [0.3, 0.4) is 0 Å². The fourth-order valence-corrected chi connectivity index (χ4v) is 4.64. The summed E-state index contributed by atoms with van der Waals surface area (Å²) in [5.41, 5.74) is 1.34. The Balaban J connectivity index is 1.43. The molecule has 0 unspecified atom stereocenters. The highest BCUT2D eigenvalue weighted by Crippen LogP contribution is 2.24. The standard InChI is InChI=1S/C31H25N5O7S/c1-20-17-24(35(40)41)13-16-26(20)33-29(37)19-44-25-14-11-23(12-15-25)32-31(39)27(34-30(38)21-7-3-2-4-8-21)18-22-9-5-6-10-28(22)36(42)43/h2-18H,19H2,1H3,(H,32,39)(H,33,37)(H,34,38)/b27-18-. The average molecular weight is 612 g/mol. The van der Waals surface area contributed by atoms with E-state index in [1.807, 2.05) is 0 Å². The van der Waals surface area contributed by atoms with Gasteiger partial charge in [0.05, 0.1) is 21.2 Å². The number of para-hydroxylation sites is 1. The summed E-state index contributed by atoms with van der Waals surface area (Å²) in [6, 6.07) is 24.8. The van der Waals surface area contributed by atoms with Gasteiger partial charge in [-0.2, -0.15) is 0 Å². The minimum Gasteiger partial charge on any atom is -0.325 e. The van der Waals surface area contributed by atoms with Crippen molar-refractivity contribution in [2.75, 3.05) is 16.4 Å². The van der Waals surface area contributed by atoms with Gasteiger partial charge in [0, 0.05) is 40.0 Å². The molecule has 0 saturated heterocycles. The molecule has 44 heavy (non-hydrogen) atoms. The van der Waals surface area contributed by atoms with E-state index in [-0.39, 0.29) is 34.3 Å². The van der Waals surface area contributed by atoms with E-state index < -0.39 is 21.7 Å². The molecule has 13 heteroatoms. The fraction of sp³-hybridized carbons (Fsp3) is 0.0645. The minimum absolute atomic E-state index is 0.0652. The van der Waals surface area contributed by atoms with Crippen LogP contribution in [-0.4, -0.2) is 33.3 Å². The van der Waals surface area contributed by atoms with E-state index in [0.29, 0.717) is 22.5 Å². The highest BCUT2D eigenvalue weighted by Gasteiger charge is 2.18. The Bertz CT molecular complexity index is 1760. The monoisotopic (exact) mass is 611 g/mol. The van der Waals surface area contributed by atoms with Crippen molar-refractivity contribution in [3.63, 3.8) is 0 Å². The van der Waals surface area contributed by atoms with Gasteiger partial charge in [0.1, 0.15) is 5.70 Å². The number of carbonyl (C=O) groups excluding carboxylic acids is 3. The van der Waals surface area contributed by atoms with Crippen LogP contribution in [0.25, 0.3) is 6.08 Å². The molecule has 0 fully saturated rings. The predicted molar refractivity (Wildman–Crippen MR) is 167 cm³/mol. The van der Waals surface area contributed by atoms with Crippen LogP contribution < -0.4 is 16.0 Å². The molecule has 0 radical (unpaired) electrons. The third-order valence-corrected chi connectivity index (χ3v) is 7.15. The molecule has 4 rings (SSSR count). The van der Waals surface area contributed by atoms with Crippen LogP contribution in [0, 0.1) is 27.2 Å². The van der Waals surface area contributed by atoms with E-state index in [4.69, 9.17) is 0 Å². The molecule has 0 heterocycles. The molecule has 0 spiro atoms. The summed E-state index contributed by atoms with van der Waals surface area (Å²) in [5.74, 6) is -1.51. The number of nitrogens with zero attached hydrogens (tertiary/aromatic N) is 2. The Morgan fingerprint density at radius 3 is 2.16 bits per heavy atom. The molecule has 0 saturated carbocycles. The molecule has 3 amide bonds. The van der Waals surface area contributed by atoms with Gasteiger partial charge in [-0.15, -0.1) is 11.8 Å². The summed E-state index contributed by atoms with van der Waals surface area (Å²) in [7, 11) is 0. The van der Waals surface area contributed by atoms with Crippen LogP contribution in [0.1, 0.15) is 21.5 Å². The second-order valence-electron chi connectivity index (χ2n) is 9.27. The normalized spacial score (nSPS) is 10.9. The highest BCUT2D eigenvalue weighted by molar-refractivity contribution is 8.00. The van der Waals surface area contributed by atoms with Crippen molar-refractivity contribution in [3.05, 3.63) is 140 Å². The van der Waals surface area contributed by atoms with E-state index in [2.05, 4.69) is 16.0 Å². The number of nitro benzene ring substituents is 2. The van der Waals surface area contributed by atoms with Gasteiger partial charge >= 0.3 is 0 Å². The summed E-state index contributed by atoms with van der Waals surface area (Å²) >= 11 is 1.24. The summed E-state index contributed by atoms with van der Waals surface area (Å²) in [4.78, 5) is 60.6. The molecule has 0 bridgehead atoms. The quantitative estimate of drug-likeness (QED) is 0.0807. The number of aryl methyl sites for hydroxylation is 1. The van der Waals surface area contributed by atoms with Crippen molar-refractivity contribution >= 4 is 58.3 Å². The van der Waals surface area contributed by atoms with Crippen LogP contribution in [-0.2, 0) is 9.59 Å². The van der Waals surface area contributed by atoms with Crippen molar-refractivity contribution < 1.29 is 24.2 Å². The van der Waals surface area contributed by atoms with Crippen LogP contribution in [0.15, 0.2) is 108 Å². The molecule has 0 atom stereocenters. The number of benzene rings is 4. The molecule has 0 aliphatic carbocycles. The van der Waals surface area contributed by atoms with Crippen molar-refractivity contribution in [1.82, 2.24) is 5.32 Å². The van der Waals surface area contributed by atoms with E-state index >= 15 is 0 Å². The van der Waals surface area contributed by atoms with Gasteiger partial charge in [0.25, 0.3) is 23.2 Å². The molecular weight excluding hydrogens is 586 g/mol. The van der Waals surface area contributed by atoms with Crippen LogP contribution in [0.4, 0.5) is 22.7 Å². The van der Waals surface area contributed by atoms with Gasteiger partial charge < -0.3 is 16.0 Å². The molecule has 0 aliphatic rings. The number of amides is 3. The first kappa shape index (κ1) is 31.1. The van der Waals surface area contributed by atoms with Gasteiger partial charge in [0.2, 0.25) is 5.91 Å². The van der Waals surface area contributed by atoms with Crippen LogP contribution >= 0.6 is 11.8 Å². The highest BCUT2D eigenvalue weighted by atomic mass is 32.2. The lowest BCUT2D eigenvalue weighted by atomic mass is 10.1. The maximum absolute atomic E-state index is 13.3. The molecule has 4 aromatic rings. The Kier molecular flexibility index (Phi) is 10.2. The first-order chi connectivity index (χ1) is 21.1. The van der Waals surface area contributed by atoms with Crippen molar-refractivity contribution in [2.45, 2.75) is 11.8 Å². The smallest absolute Gasteiger partial charge is 0.276 e. The lowest BCUT2D eigenvalue weighted by molar-refractivity contribution is -0.385. The lowest BCUT2D eigenvalue weighted by Crippen LogP contribution is -2.30. The van der Waals surface area contributed by atoms with Gasteiger partial charge in [0.15, 0.2) is 0 Å². The zero-order valence-electron chi connectivity index (χ0n) is 23.2. The molecule has 4 aromatic carbocycles. The third-order valence-electron chi connectivity index (χ3n) is 6.14. The van der Waals surface area contributed by atoms with Crippen LogP contribution in [0.2, 0.25) is 0 Å². The minimum atomic E-state index is -0.703. The molecule has 0 aliphatic heterocycles. The zero-order valence-corrected chi connectivity index (χ0v) is 24.0. The first-order valence-electron chi connectivity index (χ1n) is 13.0. The molecule has 3 N–H and O–H groups in total. The zero-order chi connectivity index (χ0) is 31.6.